The maximum Gasteiger partial charge on any atom is 0.337 e. The van der Waals surface area contributed by atoms with E-state index in [1.807, 2.05) is 0 Å². The first-order valence-corrected chi connectivity index (χ1v) is 3.65. The van der Waals surface area contributed by atoms with Crippen LogP contribution in [0, 0.1) is 0 Å². The smallest absolute Gasteiger partial charge is 0.337 e. The average molecular weight is 178 g/mol. The highest BCUT2D eigenvalue weighted by molar-refractivity contribution is 6.16. The highest BCUT2D eigenvalue weighted by atomic mass is 16.5. The van der Waals surface area contributed by atoms with Gasteiger partial charge in [-0.2, -0.15) is 0 Å². The highest BCUT2D eigenvalue weighted by Gasteiger charge is 2.11. The molecule has 0 aliphatic heterocycles. The van der Waals surface area contributed by atoms with Gasteiger partial charge < -0.3 is 10.5 Å². The fourth-order valence-electron chi connectivity index (χ4n) is 0.906. The molecule has 0 aromatic carbocycles. The van der Waals surface area contributed by atoms with E-state index in [4.69, 9.17) is 5.73 Å². The quantitative estimate of drug-likeness (QED) is 0.538. The minimum Gasteiger partial charge on any atom is -0.465 e. The molecule has 0 saturated carbocycles. The zero-order chi connectivity index (χ0) is 9.84. The van der Waals surface area contributed by atoms with E-state index < -0.39 is 5.97 Å². The number of carbonyl (C=O) groups excluding carboxylic acids is 1. The lowest BCUT2D eigenvalue weighted by atomic mass is 10.1. The van der Waals surface area contributed by atoms with Gasteiger partial charge in [0.1, 0.15) is 5.82 Å². The number of aromatic nitrogens is 1. The number of nitrogen functional groups attached to an aromatic ring is 1. The molecule has 4 heteroatoms. The van der Waals surface area contributed by atoms with Gasteiger partial charge in [-0.25, -0.2) is 9.78 Å². The first kappa shape index (κ1) is 9.25. The number of ether oxygens (including phenoxy) is 1. The summed E-state index contributed by atoms with van der Waals surface area (Å²) >= 11 is 0. The molecule has 0 unspecified atom stereocenters. The maximum atomic E-state index is 11.1. The lowest BCUT2D eigenvalue weighted by molar-refractivity contribution is -0.133. The molecule has 1 aromatic rings. The minimum absolute atomic E-state index is 0.216. The summed E-state index contributed by atoms with van der Waals surface area (Å²) in [7, 11) is 1.29. The normalized spacial score (nSPS) is 9.31. The average Bonchev–Trinajstić information content (AvgIpc) is 2.16. The molecule has 0 aliphatic carbocycles. The Morgan fingerprint density at radius 1 is 1.69 bits per heavy atom. The van der Waals surface area contributed by atoms with Gasteiger partial charge in [0.15, 0.2) is 0 Å². The van der Waals surface area contributed by atoms with Gasteiger partial charge in [0.05, 0.1) is 12.7 Å². The van der Waals surface area contributed by atoms with Gasteiger partial charge in [-0.05, 0) is 12.1 Å². The molecule has 1 heterocycles. The van der Waals surface area contributed by atoms with Crippen LogP contribution in [0.15, 0.2) is 24.9 Å². The van der Waals surface area contributed by atoms with Crippen molar-refractivity contribution in [2.45, 2.75) is 0 Å². The van der Waals surface area contributed by atoms with Crippen molar-refractivity contribution in [3.63, 3.8) is 0 Å². The molecule has 0 saturated heterocycles. The molecule has 1 rings (SSSR count). The van der Waals surface area contributed by atoms with Gasteiger partial charge in [-0.3, -0.25) is 0 Å². The summed E-state index contributed by atoms with van der Waals surface area (Å²) in [5.74, 6) is -0.224. The van der Waals surface area contributed by atoms with E-state index in [1.165, 1.54) is 7.11 Å². The fourth-order valence-corrected chi connectivity index (χ4v) is 0.906. The Kier molecular flexibility index (Phi) is 2.64. The number of pyridine rings is 1. The third-order valence-electron chi connectivity index (χ3n) is 1.60. The van der Waals surface area contributed by atoms with Crippen molar-refractivity contribution < 1.29 is 9.53 Å². The minimum atomic E-state index is -0.500. The van der Waals surface area contributed by atoms with Crippen LogP contribution in [0.5, 0.6) is 0 Å². The molecule has 0 radical (unpaired) electrons. The maximum absolute atomic E-state index is 11.1. The molecule has 0 bridgehead atoms. The largest absolute Gasteiger partial charge is 0.465 e. The monoisotopic (exact) mass is 178 g/mol. The molecule has 2 N–H and O–H groups in total. The lowest BCUT2D eigenvalue weighted by Crippen LogP contribution is -2.05. The Balaban J connectivity index is 3.02. The zero-order valence-electron chi connectivity index (χ0n) is 7.28. The second-order valence-electron chi connectivity index (χ2n) is 2.41. The number of esters is 1. The molecular formula is C9H10N2O2. The van der Waals surface area contributed by atoms with Crippen LogP contribution in [0.25, 0.3) is 5.57 Å². The van der Waals surface area contributed by atoms with E-state index in [1.54, 1.807) is 18.3 Å². The molecule has 0 amide bonds. The molecule has 4 nitrogen and oxygen atoms in total. The fraction of sp³-hybridized carbons (Fsp3) is 0.111. The summed E-state index contributed by atoms with van der Waals surface area (Å²) in [5, 5.41) is 0. The van der Waals surface area contributed by atoms with Gasteiger partial charge in [-0.15, -0.1) is 0 Å². The molecular weight excluding hydrogens is 168 g/mol. The second-order valence-corrected chi connectivity index (χ2v) is 2.41. The number of carbonyl (C=O) groups is 1. The van der Waals surface area contributed by atoms with Gasteiger partial charge in [0, 0.05) is 11.8 Å². The number of hydrogen-bond acceptors (Lipinski definition) is 4. The van der Waals surface area contributed by atoms with E-state index in [2.05, 4.69) is 16.3 Å². The van der Waals surface area contributed by atoms with Crippen molar-refractivity contribution in [1.29, 1.82) is 0 Å². The first-order chi connectivity index (χ1) is 6.16. The van der Waals surface area contributed by atoms with E-state index in [0.717, 1.165) is 0 Å². The standard InChI is InChI=1S/C9H10N2O2/c1-6(9(12)13-2)7-4-3-5-11-8(7)10/h3-5H,1H2,2H3,(H2,10,11). The number of nitrogens with two attached hydrogens (primary N) is 1. The second kappa shape index (κ2) is 3.71. The van der Waals surface area contributed by atoms with Crippen LogP contribution in [0.4, 0.5) is 5.82 Å². The molecule has 0 atom stereocenters. The predicted molar refractivity (Wildman–Crippen MR) is 49.7 cm³/mol. The third-order valence-corrected chi connectivity index (χ3v) is 1.60. The van der Waals surface area contributed by atoms with Crippen molar-refractivity contribution in [2.24, 2.45) is 0 Å². The van der Waals surface area contributed by atoms with E-state index in [0.29, 0.717) is 5.56 Å². The Labute approximate surface area is 76.0 Å². The zero-order valence-corrected chi connectivity index (χ0v) is 7.28. The topological polar surface area (TPSA) is 65.2 Å². The van der Waals surface area contributed by atoms with Gasteiger partial charge >= 0.3 is 5.97 Å². The summed E-state index contributed by atoms with van der Waals surface area (Å²) in [6.07, 6.45) is 1.55. The summed E-state index contributed by atoms with van der Waals surface area (Å²) in [4.78, 5) is 14.9. The van der Waals surface area contributed by atoms with Crippen LogP contribution in [0.1, 0.15) is 5.56 Å². The number of nitrogens with zero attached hydrogens (tertiary/aromatic N) is 1. The van der Waals surface area contributed by atoms with Crippen LogP contribution in [0.2, 0.25) is 0 Å². The van der Waals surface area contributed by atoms with Crippen LogP contribution < -0.4 is 5.73 Å². The van der Waals surface area contributed by atoms with E-state index in [9.17, 15) is 4.79 Å². The number of anilines is 1. The number of rotatable bonds is 2. The SMILES string of the molecule is C=C(C(=O)OC)c1cccnc1N. The van der Waals surface area contributed by atoms with Crippen molar-refractivity contribution in [3.8, 4) is 0 Å². The van der Waals surface area contributed by atoms with Crippen LogP contribution >= 0.6 is 0 Å². The lowest BCUT2D eigenvalue weighted by Gasteiger charge is -2.04. The van der Waals surface area contributed by atoms with E-state index in [-0.39, 0.29) is 11.4 Å². The van der Waals surface area contributed by atoms with Crippen molar-refractivity contribution >= 4 is 17.4 Å². The first-order valence-electron chi connectivity index (χ1n) is 3.65. The van der Waals surface area contributed by atoms with Gasteiger partial charge in [0.25, 0.3) is 0 Å². The van der Waals surface area contributed by atoms with Crippen LogP contribution in [-0.4, -0.2) is 18.1 Å². The van der Waals surface area contributed by atoms with Gasteiger partial charge in [-0.1, -0.05) is 6.58 Å². The molecule has 1 aromatic heterocycles. The van der Waals surface area contributed by atoms with Crippen molar-refractivity contribution in [1.82, 2.24) is 4.98 Å². The van der Waals surface area contributed by atoms with Crippen LogP contribution in [0.3, 0.4) is 0 Å². The number of methoxy groups -OCH3 is 1. The molecule has 68 valence electrons. The van der Waals surface area contributed by atoms with E-state index >= 15 is 0 Å². The van der Waals surface area contributed by atoms with Crippen molar-refractivity contribution in [2.75, 3.05) is 12.8 Å². The Hall–Kier alpha value is -1.84. The summed E-state index contributed by atoms with van der Waals surface area (Å²) in [6.45, 7) is 3.56. The van der Waals surface area contributed by atoms with Crippen LogP contribution in [-0.2, 0) is 9.53 Å². The number of hydrogen-bond donors (Lipinski definition) is 1. The molecule has 0 fully saturated rings. The Morgan fingerprint density at radius 2 is 2.38 bits per heavy atom. The Bertz CT molecular complexity index is 347. The third kappa shape index (κ3) is 1.84. The van der Waals surface area contributed by atoms with Gasteiger partial charge in [0.2, 0.25) is 0 Å². The summed E-state index contributed by atoms with van der Waals surface area (Å²) in [5.41, 5.74) is 6.26. The predicted octanol–water partition coefficient (Wildman–Crippen LogP) is 0.850. The molecule has 13 heavy (non-hydrogen) atoms. The Morgan fingerprint density at radius 3 is 2.92 bits per heavy atom. The highest BCUT2D eigenvalue weighted by Crippen LogP contribution is 2.17. The van der Waals surface area contributed by atoms with Crippen molar-refractivity contribution in [3.05, 3.63) is 30.5 Å². The summed E-state index contributed by atoms with van der Waals surface area (Å²) in [6, 6.07) is 3.35. The molecule has 0 spiro atoms. The molecule has 0 aliphatic rings. The summed E-state index contributed by atoms with van der Waals surface area (Å²) < 4.78 is 4.50.